The average Bonchev–Trinajstić information content (AvgIpc) is 2.24. The first-order valence-electron chi connectivity index (χ1n) is 4.86. The maximum absolute atomic E-state index is 11.2. The molecule has 0 radical (unpaired) electrons. The first-order valence-corrected chi connectivity index (χ1v) is 4.86. The largest absolute Gasteiger partial charge is 0.462 e. The van der Waals surface area contributed by atoms with E-state index < -0.39 is 5.97 Å². The Hall–Kier alpha value is -1.13. The molecule has 0 aliphatic rings. The number of aliphatic hydroxyl groups is 1. The molecule has 4 nitrogen and oxygen atoms in total. The minimum atomic E-state index is -0.447. The van der Waals surface area contributed by atoms with E-state index in [0.717, 1.165) is 0 Å². The highest BCUT2D eigenvalue weighted by Gasteiger charge is 2.07. The molecule has 0 bridgehead atoms. The van der Waals surface area contributed by atoms with Crippen LogP contribution in [0.25, 0.3) is 0 Å². The summed E-state index contributed by atoms with van der Waals surface area (Å²) in [4.78, 5) is 11.2. The summed E-state index contributed by atoms with van der Waals surface area (Å²) in [6, 6.07) is 0. The Balaban J connectivity index is 3.51. The summed E-state index contributed by atoms with van der Waals surface area (Å²) in [5, 5.41) is 8.50. The van der Waals surface area contributed by atoms with Gasteiger partial charge in [-0.15, -0.1) is 6.58 Å². The molecule has 0 aromatic carbocycles. The summed E-state index contributed by atoms with van der Waals surface area (Å²) in [7, 11) is 0. The van der Waals surface area contributed by atoms with E-state index in [9.17, 15) is 4.79 Å². The Morgan fingerprint density at radius 3 is 2.73 bits per heavy atom. The van der Waals surface area contributed by atoms with Gasteiger partial charge in [-0.05, 0) is 12.8 Å². The molecule has 0 saturated heterocycles. The first kappa shape index (κ1) is 13.9. The molecule has 0 heterocycles. The third-order valence-electron chi connectivity index (χ3n) is 1.59. The van der Waals surface area contributed by atoms with Crippen molar-refractivity contribution in [2.75, 3.05) is 26.4 Å². The predicted octanol–water partition coefficient (Wildman–Crippen LogP) is 1.06. The van der Waals surface area contributed by atoms with Crippen LogP contribution in [0, 0.1) is 0 Å². The Labute approximate surface area is 90.2 Å². The van der Waals surface area contributed by atoms with E-state index >= 15 is 0 Å². The number of esters is 1. The molecule has 0 amide bonds. The standard InChI is InChI=1S/C11H18O4/c1-3-7-14-9-10(2)11(13)15-8-5-4-6-12/h3,12H,1-2,4-9H2. The fourth-order valence-corrected chi connectivity index (χ4v) is 0.805. The monoisotopic (exact) mass is 214 g/mol. The lowest BCUT2D eigenvalue weighted by Gasteiger charge is -2.06. The zero-order valence-electron chi connectivity index (χ0n) is 8.91. The quantitative estimate of drug-likeness (QED) is 0.270. The topological polar surface area (TPSA) is 55.8 Å². The summed E-state index contributed by atoms with van der Waals surface area (Å²) in [5.41, 5.74) is 0.292. The van der Waals surface area contributed by atoms with Gasteiger partial charge in [0.2, 0.25) is 0 Å². The van der Waals surface area contributed by atoms with Crippen molar-refractivity contribution in [3.8, 4) is 0 Å². The van der Waals surface area contributed by atoms with E-state index in [-0.39, 0.29) is 13.2 Å². The highest BCUT2D eigenvalue weighted by atomic mass is 16.5. The summed E-state index contributed by atoms with van der Waals surface area (Å²) in [6.07, 6.45) is 2.88. The zero-order valence-corrected chi connectivity index (χ0v) is 8.91. The van der Waals surface area contributed by atoms with Gasteiger partial charge in [0.1, 0.15) is 0 Å². The fourth-order valence-electron chi connectivity index (χ4n) is 0.805. The molecular formula is C11H18O4. The first-order chi connectivity index (χ1) is 7.22. The van der Waals surface area contributed by atoms with Crippen molar-refractivity contribution in [1.82, 2.24) is 0 Å². The lowest BCUT2D eigenvalue weighted by Crippen LogP contribution is -2.12. The van der Waals surface area contributed by atoms with Gasteiger partial charge in [0.15, 0.2) is 0 Å². The van der Waals surface area contributed by atoms with E-state index in [2.05, 4.69) is 13.2 Å². The molecular weight excluding hydrogens is 196 g/mol. The third kappa shape index (κ3) is 7.90. The van der Waals surface area contributed by atoms with Gasteiger partial charge >= 0.3 is 5.97 Å². The van der Waals surface area contributed by atoms with E-state index in [0.29, 0.717) is 31.6 Å². The van der Waals surface area contributed by atoms with Crippen LogP contribution in [-0.4, -0.2) is 37.5 Å². The Morgan fingerprint density at radius 1 is 1.40 bits per heavy atom. The van der Waals surface area contributed by atoms with Crippen molar-refractivity contribution in [3.05, 3.63) is 24.8 Å². The minimum absolute atomic E-state index is 0.112. The van der Waals surface area contributed by atoms with Crippen LogP contribution in [0.1, 0.15) is 12.8 Å². The van der Waals surface area contributed by atoms with E-state index in [1.807, 2.05) is 0 Å². The molecule has 0 unspecified atom stereocenters. The van der Waals surface area contributed by atoms with Gasteiger partial charge in [-0.1, -0.05) is 12.7 Å². The lowest BCUT2D eigenvalue weighted by molar-refractivity contribution is -0.139. The van der Waals surface area contributed by atoms with Crippen LogP contribution in [0.5, 0.6) is 0 Å². The van der Waals surface area contributed by atoms with Crippen molar-refractivity contribution in [2.45, 2.75) is 12.8 Å². The van der Waals surface area contributed by atoms with Crippen LogP contribution in [-0.2, 0) is 14.3 Å². The van der Waals surface area contributed by atoms with Gasteiger partial charge in [-0.3, -0.25) is 0 Å². The molecule has 0 aromatic heterocycles. The normalized spacial score (nSPS) is 9.67. The van der Waals surface area contributed by atoms with Crippen molar-refractivity contribution >= 4 is 5.97 Å². The molecule has 0 spiro atoms. The number of hydrogen-bond donors (Lipinski definition) is 1. The van der Waals surface area contributed by atoms with Gasteiger partial charge in [-0.25, -0.2) is 4.79 Å². The number of ether oxygens (including phenoxy) is 2. The van der Waals surface area contributed by atoms with E-state index in [1.165, 1.54) is 0 Å². The van der Waals surface area contributed by atoms with Gasteiger partial charge < -0.3 is 14.6 Å². The Kier molecular flexibility index (Phi) is 8.72. The highest BCUT2D eigenvalue weighted by Crippen LogP contribution is 1.98. The molecule has 0 rings (SSSR count). The number of unbranched alkanes of at least 4 members (excludes halogenated alkanes) is 1. The highest BCUT2D eigenvalue weighted by molar-refractivity contribution is 5.87. The number of rotatable bonds is 9. The molecule has 0 aliphatic heterocycles. The van der Waals surface area contributed by atoms with Crippen molar-refractivity contribution < 1.29 is 19.4 Å². The number of carbonyl (C=O) groups is 1. The molecule has 0 atom stereocenters. The second kappa shape index (κ2) is 9.43. The third-order valence-corrected chi connectivity index (χ3v) is 1.59. The average molecular weight is 214 g/mol. The summed E-state index contributed by atoms with van der Waals surface area (Å²) < 4.78 is 9.92. The van der Waals surface area contributed by atoms with Crippen LogP contribution in [0.2, 0.25) is 0 Å². The summed E-state index contributed by atoms with van der Waals surface area (Å²) in [5.74, 6) is -0.447. The maximum atomic E-state index is 11.2. The molecule has 0 saturated carbocycles. The number of carbonyl (C=O) groups excluding carboxylic acids is 1. The Bertz CT molecular complexity index is 211. The van der Waals surface area contributed by atoms with Gasteiger partial charge in [-0.2, -0.15) is 0 Å². The second-order valence-electron chi connectivity index (χ2n) is 2.97. The van der Waals surface area contributed by atoms with Crippen molar-refractivity contribution in [3.63, 3.8) is 0 Å². The molecule has 86 valence electrons. The molecule has 15 heavy (non-hydrogen) atoms. The zero-order chi connectivity index (χ0) is 11.5. The molecule has 0 aromatic rings. The van der Waals surface area contributed by atoms with Crippen LogP contribution in [0.3, 0.4) is 0 Å². The van der Waals surface area contributed by atoms with E-state index in [4.69, 9.17) is 14.6 Å². The lowest BCUT2D eigenvalue weighted by atomic mass is 10.3. The SMILES string of the molecule is C=CCOCC(=C)C(=O)OCCCCO. The van der Waals surface area contributed by atoms with Crippen LogP contribution < -0.4 is 0 Å². The molecule has 0 aliphatic carbocycles. The summed E-state index contributed by atoms with van der Waals surface area (Å²) >= 11 is 0. The van der Waals surface area contributed by atoms with E-state index in [1.54, 1.807) is 6.08 Å². The second-order valence-corrected chi connectivity index (χ2v) is 2.97. The fraction of sp³-hybridized carbons (Fsp3) is 0.545. The smallest absolute Gasteiger partial charge is 0.335 e. The molecule has 0 fully saturated rings. The van der Waals surface area contributed by atoms with Crippen LogP contribution in [0.4, 0.5) is 0 Å². The van der Waals surface area contributed by atoms with Gasteiger partial charge in [0.25, 0.3) is 0 Å². The van der Waals surface area contributed by atoms with Crippen LogP contribution in [0.15, 0.2) is 24.8 Å². The summed E-state index contributed by atoms with van der Waals surface area (Å²) in [6.45, 7) is 7.98. The number of hydrogen-bond acceptors (Lipinski definition) is 4. The van der Waals surface area contributed by atoms with Crippen molar-refractivity contribution in [2.24, 2.45) is 0 Å². The number of aliphatic hydroxyl groups excluding tert-OH is 1. The van der Waals surface area contributed by atoms with Gasteiger partial charge in [0.05, 0.1) is 25.4 Å². The molecule has 4 heteroatoms. The maximum Gasteiger partial charge on any atom is 0.335 e. The van der Waals surface area contributed by atoms with Crippen molar-refractivity contribution in [1.29, 1.82) is 0 Å². The predicted molar refractivity (Wildman–Crippen MR) is 57.4 cm³/mol. The van der Waals surface area contributed by atoms with Crippen LogP contribution >= 0.6 is 0 Å². The molecule has 1 N–H and O–H groups in total. The minimum Gasteiger partial charge on any atom is -0.462 e. The Morgan fingerprint density at radius 2 is 2.13 bits per heavy atom. The van der Waals surface area contributed by atoms with Gasteiger partial charge in [0, 0.05) is 6.61 Å².